The third-order valence-corrected chi connectivity index (χ3v) is 12.8. The first kappa shape index (κ1) is 37.6. The molecule has 5 heteroatoms. The Balaban J connectivity index is 1.16. The van der Waals surface area contributed by atoms with Crippen LogP contribution in [0.1, 0.15) is 0 Å². The van der Waals surface area contributed by atoms with Crippen molar-refractivity contribution in [3.05, 3.63) is 224 Å². The minimum atomic E-state index is 0.495. The smallest absolute Gasteiger partial charge is 0.167 e. The second-order valence-electron chi connectivity index (χ2n) is 16.6. The van der Waals surface area contributed by atoms with Crippen LogP contribution in [0, 0.1) is 0 Å². The van der Waals surface area contributed by atoms with Crippen molar-refractivity contribution in [2.75, 3.05) is 0 Å². The van der Waals surface area contributed by atoms with Gasteiger partial charge in [-0.05, 0) is 91.7 Å². The second kappa shape index (κ2) is 15.4. The SMILES string of the molecule is c1ccc(-c2ccc(-c3cc(-c4ccccc4)cc(-c4cccc5ccccc45)c3-c3nc(-c4cccc5c4oc4ccccc45)nc(-c4cccc5c4oc4ccccc45)n3)cc2)cc1. The number of rotatable bonds is 7. The van der Waals surface area contributed by atoms with E-state index >= 15 is 0 Å². The maximum absolute atomic E-state index is 6.67. The Bertz CT molecular complexity index is 3850. The Morgan fingerprint density at radius 2 is 0.682 bits per heavy atom. The van der Waals surface area contributed by atoms with Gasteiger partial charge in [0.15, 0.2) is 17.5 Å². The van der Waals surface area contributed by atoms with Crippen molar-refractivity contribution in [1.29, 1.82) is 0 Å². The number of fused-ring (bicyclic) bond motifs is 7. The number of furan rings is 2. The van der Waals surface area contributed by atoms with E-state index in [-0.39, 0.29) is 0 Å². The molecule has 0 bridgehead atoms. The fourth-order valence-electron chi connectivity index (χ4n) is 9.63. The van der Waals surface area contributed by atoms with E-state index in [0.29, 0.717) is 28.6 Å². The number of para-hydroxylation sites is 4. The Labute approximate surface area is 379 Å². The van der Waals surface area contributed by atoms with Crippen LogP contribution in [0.4, 0.5) is 0 Å². The highest BCUT2D eigenvalue weighted by Crippen LogP contribution is 2.46. The molecular formula is C61H37N3O2. The first-order valence-electron chi connectivity index (χ1n) is 22.2. The third kappa shape index (κ3) is 6.28. The average Bonchev–Trinajstić information content (AvgIpc) is 3.97. The molecular weight excluding hydrogens is 807 g/mol. The minimum Gasteiger partial charge on any atom is -0.455 e. The van der Waals surface area contributed by atoms with E-state index in [0.717, 1.165) is 105 Å². The van der Waals surface area contributed by atoms with E-state index < -0.39 is 0 Å². The summed E-state index contributed by atoms with van der Waals surface area (Å²) >= 11 is 0. The van der Waals surface area contributed by atoms with Crippen molar-refractivity contribution in [3.8, 4) is 78.7 Å². The number of hydrogen-bond acceptors (Lipinski definition) is 5. The number of benzene rings is 10. The highest BCUT2D eigenvalue weighted by atomic mass is 16.3. The zero-order valence-corrected chi connectivity index (χ0v) is 35.5. The lowest BCUT2D eigenvalue weighted by Crippen LogP contribution is -2.03. The van der Waals surface area contributed by atoms with Gasteiger partial charge in [-0.1, -0.05) is 188 Å². The first-order valence-corrected chi connectivity index (χ1v) is 22.2. The van der Waals surface area contributed by atoms with Crippen LogP contribution >= 0.6 is 0 Å². The first-order chi connectivity index (χ1) is 32.7. The minimum absolute atomic E-state index is 0.495. The molecule has 0 amide bonds. The van der Waals surface area contributed by atoms with Gasteiger partial charge < -0.3 is 8.83 Å². The lowest BCUT2D eigenvalue weighted by atomic mass is 9.85. The van der Waals surface area contributed by atoms with Crippen LogP contribution < -0.4 is 0 Å². The average molecular weight is 844 g/mol. The molecule has 0 aliphatic carbocycles. The van der Waals surface area contributed by atoms with Crippen LogP contribution in [-0.2, 0) is 0 Å². The molecule has 0 aliphatic rings. The molecule has 0 saturated carbocycles. The lowest BCUT2D eigenvalue weighted by molar-refractivity contribution is 0.669. The summed E-state index contributed by atoms with van der Waals surface area (Å²) in [7, 11) is 0. The van der Waals surface area contributed by atoms with Crippen LogP contribution in [0.15, 0.2) is 233 Å². The van der Waals surface area contributed by atoms with Gasteiger partial charge in [-0.15, -0.1) is 0 Å². The summed E-state index contributed by atoms with van der Waals surface area (Å²) in [6.45, 7) is 0. The molecule has 0 atom stereocenters. The molecule has 0 fully saturated rings. The fraction of sp³-hybridized carbons (Fsp3) is 0. The number of hydrogen-bond donors (Lipinski definition) is 0. The molecule has 3 heterocycles. The summed E-state index contributed by atoms with van der Waals surface area (Å²) in [5, 5.41) is 6.33. The standard InChI is InChI=1S/C61H37N3O2/c1-3-16-38(17-4-1)40-32-34-42(35-33-40)52-36-43(39-18-5-2-6-19-39)37-53(45-25-13-21-41-20-7-8-22-44(41)45)56(52)61-63-59(50-28-14-26-48-46-23-9-11-30-54(46)65-57(48)50)62-60(64-61)51-29-15-27-49-47-24-10-12-31-55(47)66-58(49)51/h1-37H. The van der Waals surface area contributed by atoms with Crippen molar-refractivity contribution < 1.29 is 8.83 Å². The zero-order valence-electron chi connectivity index (χ0n) is 35.5. The summed E-state index contributed by atoms with van der Waals surface area (Å²) in [6, 6.07) is 78.3. The zero-order chi connectivity index (χ0) is 43.6. The van der Waals surface area contributed by atoms with E-state index in [1.54, 1.807) is 0 Å². The van der Waals surface area contributed by atoms with Crippen molar-refractivity contribution >= 4 is 54.6 Å². The van der Waals surface area contributed by atoms with Gasteiger partial charge in [0.05, 0.1) is 11.1 Å². The molecule has 13 aromatic rings. The molecule has 0 saturated heterocycles. The van der Waals surface area contributed by atoms with E-state index in [1.807, 2.05) is 48.5 Å². The predicted octanol–water partition coefficient (Wildman–Crippen LogP) is 16.5. The number of nitrogens with zero attached hydrogens (tertiary/aromatic N) is 3. The quantitative estimate of drug-likeness (QED) is 0.160. The molecule has 3 aromatic heterocycles. The van der Waals surface area contributed by atoms with E-state index in [9.17, 15) is 0 Å². The van der Waals surface area contributed by atoms with Crippen molar-refractivity contribution in [2.45, 2.75) is 0 Å². The Kier molecular flexibility index (Phi) is 8.78. The van der Waals surface area contributed by atoms with Crippen LogP contribution in [0.25, 0.3) is 133 Å². The summed E-state index contributed by atoms with van der Waals surface area (Å²) in [4.78, 5) is 16.5. The maximum Gasteiger partial charge on any atom is 0.167 e. The molecule has 13 rings (SSSR count). The normalized spacial score (nSPS) is 11.6. The molecule has 0 radical (unpaired) electrons. The fourth-order valence-corrected chi connectivity index (χ4v) is 9.63. The van der Waals surface area contributed by atoms with Gasteiger partial charge in [0.2, 0.25) is 0 Å². The monoisotopic (exact) mass is 843 g/mol. The van der Waals surface area contributed by atoms with Gasteiger partial charge in [-0.2, -0.15) is 0 Å². The highest BCUT2D eigenvalue weighted by molar-refractivity contribution is 6.11. The van der Waals surface area contributed by atoms with Gasteiger partial charge in [-0.25, -0.2) is 15.0 Å². The highest BCUT2D eigenvalue weighted by Gasteiger charge is 2.25. The molecule has 0 aliphatic heterocycles. The van der Waals surface area contributed by atoms with Gasteiger partial charge >= 0.3 is 0 Å². The molecule has 10 aromatic carbocycles. The van der Waals surface area contributed by atoms with Gasteiger partial charge in [0.25, 0.3) is 0 Å². The van der Waals surface area contributed by atoms with Gasteiger partial charge in [0, 0.05) is 27.1 Å². The topological polar surface area (TPSA) is 65.0 Å². The molecule has 308 valence electrons. The second-order valence-corrected chi connectivity index (χ2v) is 16.6. The predicted molar refractivity (Wildman–Crippen MR) is 270 cm³/mol. The summed E-state index contributed by atoms with van der Waals surface area (Å²) in [5.74, 6) is 1.52. The Hall–Kier alpha value is -8.93. The largest absolute Gasteiger partial charge is 0.455 e. The lowest BCUT2D eigenvalue weighted by Gasteiger charge is -2.20. The van der Waals surface area contributed by atoms with E-state index in [4.69, 9.17) is 23.8 Å². The van der Waals surface area contributed by atoms with E-state index in [1.165, 1.54) is 0 Å². The Morgan fingerprint density at radius 3 is 1.30 bits per heavy atom. The van der Waals surface area contributed by atoms with Crippen LogP contribution in [0.3, 0.4) is 0 Å². The molecule has 66 heavy (non-hydrogen) atoms. The van der Waals surface area contributed by atoms with Crippen LogP contribution in [-0.4, -0.2) is 15.0 Å². The maximum atomic E-state index is 6.67. The summed E-state index contributed by atoms with van der Waals surface area (Å²) in [5.41, 5.74) is 14.1. The molecule has 0 N–H and O–H groups in total. The van der Waals surface area contributed by atoms with E-state index in [2.05, 4.69) is 176 Å². The van der Waals surface area contributed by atoms with Crippen LogP contribution in [0.2, 0.25) is 0 Å². The van der Waals surface area contributed by atoms with Crippen LogP contribution in [0.5, 0.6) is 0 Å². The van der Waals surface area contributed by atoms with Gasteiger partial charge in [0.1, 0.15) is 22.3 Å². The summed E-state index contributed by atoms with van der Waals surface area (Å²) in [6.07, 6.45) is 0. The van der Waals surface area contributed by atoms with Crippen molar-refractivity contribution in [1.82, 2.24) is 15.0 Å². The molecule has 0 unspecified atom stereocenters. The third-order valence-electron chi connectivity index (χ3n) is 12.8. The Morgan fingerprint density at radius 1 is 0.258 bits per heavy atom. The molecule has 0 spiro atoms. The van der Waals surface area contributed by atoms with Crippen molar-refractivity contribution in [3.63, 3.8) is 0 Å². The molecule has 5 nitrogen and oxygen atoms in total. The number of aromatic nitrogens is 3. The summed E-state index contributed by atoms with van der Waals surface area (Å²) < 4.78 is 13.3. The van der Waals surface area contributed by atoms with Gasteiger partial charge in [-0.3, -0.25) is 0 Å². The van der Waals surface area contributed by atoms with Crippen molar-refractivity contribution in [2.24, 2.45) is 0 Å².